The molecule has 0 aliphatic heterocycles. The molecule has 1 aromatic carbocycles. The average Bonchev–Trinajstić information content (AvgIpc) is 2.50. The van der Waals surface area contributed by atoms with Gasteiger partial charge in [0.2, 0.25) is 15.9 Å². The molecule has 0 radical (unpaired) electrons. The Hall–Kier alpha value is -1.93. The highest BCUT2D eigenvalue weighted by Crippen LogP contribution is 2.13. The number of carbonyl (C=O) groups is 2. The first-order chi connectivity index (χ1) is 10.7. The van der Waals surface area contributed by atoms with Crippen LogP contribution in [-0.4, -0.2) is 51.7 Å². The Kier molecular flexibility index (Phi) is 7.18. The minimum absolute atomic E-state index is 0.0678. The van der Waals surface area contributed by atoms with E-state index < -0.39 is 10.0 Å². The maximum Gasteiger partial charge on any atom is 0.251 e. The van der Waals surface area contributed by atoms with Gasteiger partial charge in [-0.2, -0.15) is 0 Å². The van der Waals surface area contributed by atoms with Crippen LogP contribution in [0.25, 0.3) is 0 Å². The van der Waals surface area contributed by atoms with Crippen LogP contribution in [0.3, 0.4) is 0 Å². The third-order valence-corrected chi connectivity index (χ3v) is 4.99. The molecule has 0 saturated carbocycles. The second-order valence-electron chi connectivity index (χ2n) is 5.26. The summed E-state index contributed by atoms with van der Waals surface area (Å²) in [7, 11) is -0.576. The first-order valence-electron chi connectivity index (χ1n) is 7.30. The number of benzene rings is 1. The van der Waals surface area contributed by atoms with E-state index in [-0.39, 0.29) is 16.7 Å². The lowest BCUT2D eigenvalue weighted by molar-refractivity contribution is -0.118. The predicted octanol–water partition coefficient (Wildman–Crippen LogP) is 0.583. The number of sulfonamides is 1. The predicted molar refractivity (Wildman–Crippen MR) is 87.6 cm³/mol. The van der Waals surface area contributed by atoms with E-state index in [9.17, 15) is 18.0 Å². The quantitative estimate of drug-likeness (QED) is 0.676. The van der Waals surface area contributed by atoms with E-state index in [1.54, 1.807) is 0 Å². The first kappa shape index (κ1) is 19.1. The van der Waals surface area contributed by atoms with E-state index >= 15 is 0 Å². The Balaban J connectivity index is 2.47. The molecule has 2 amide bonds. The number of rotatable bonds is 8. The number of nitrogens with one attached hydrogen (secondary N) is 2. The van der Waals surface area contributed by atoms with Gasteiger partial charge in [0.15, 0.2) is 0 Å². The highest BCUT2D eigenvalue weighted by molar-refractivity contribution is 7.89. The van der Waals surface area contributed by atoms with Crippen LogP contribution in [0.15, 0.2) is 29.2 Å². The molecule has 0 fully saturated rings. The number of hydrogen-bond donors (Lipinski definition) is 2. The minimum Gasteiger partial charge on any atom is -0.356 e. The molecule has 0 spiro atoms. The van der Waals surface area contributed by atoms with Gasteiger partial charge in [0.1, 0.15) is 0 Å². The van der Waals surface area contributed by atoms with E-state index in [0.717, 1.165) is 17.1 Å². The third kappa shape index (κ3) is 5.99. The van der Waals surface area contributed by atoms with Crippen molar-refractivity contribution < 1.29 is 18.0 Å². The fraction of sp³-hybridized carbons (Fsp3) is 0.467. The monoisotopic (exact) mass is 341 g/mol. The van der Waals surface area contributed by atoms with Crippen LogP contribution in [0.2, 0.25) is 0 Å². The van der Waals surface area contributed by atoms with Gasteiger partial charge in [0, 0.05) is 39.7 Å². The van der Waals surface area contributed by atoms with E-state index in [0.29, 0.717) is 18.7 Å². The Morgan fingerprint density at radius 3 is 2.00 bits per heavy atom. The average molecular weight is 341 g/mol. The molecule has 0 saturated heterocycles. The highest BCUT2D eigenvalue weighted by atomic mass is 32.2. The molecule has 0 bridgehead atoms. The number of nitrogens with zero attached hydrogens (tertiary/aromatic N) is 1. The molecular weight excluding hydrogens is 318 g/mol. The maximum atomic E-state index is 11.9. The van der Waals surface area contributed by atoms with Crippen molar-refractivity contribution in [1.82, 2.24) is 14.9 Å². The molecule has 0 aliphatic rings. The molecule has 1 aromatic rings. The molecule has 0 aliphatic carbocycles. The SMILES string of the molecule is CC(=O)NCCCCNC(=O)c1ccc(S(=O)(=O)N(C)C)cc1. The summed E-state index contributed by atoms with van der Waals surface area (Å²) in [6.07, 6.45) is 1.53. The summed E-state index contributed by atoms with van der Waals surface area (Å²) in [6.45, 7) is 2.54. The van der Waals surface area contributed by atoms with Crippen LogP contribution < -0.4 is 10.6 Å². The lowest BCUT2D eigenvalue weighted by atomic mass is 10.2. The maximum absolute atomic E-state index is 11.9. The standard InChI is InChI=1S/C15H23N3O4S/c1-12(19)16-10-4-5-11-17-15(20)13-6-8-14(9-7-13)23(21,22)18(2)3/h6-9H,4-5,10-11H2,1-3H3,(H,16,19)(H,17,20). The van der Waals surface area contributed by atoms with Crippen molar-refractivity contribution in [3.8, 4) is 0 Å². The van der Waals surface area contributed by atoms with Gasteiger partial charge in [-0.15, -0.1) is 0 Å². The molecule has 0 aromatic heterocycles. The van der Waals surface area contributed by atoms with E-state index in [1.807, 2.05) is 0 Å². The molecule has 8 heteroatoms. The normalized spacial score (nSPS) is 11.3. The molecule has 1 rings (SSSR count). The number of hydrogen-bond acceptors (Lipinski definition) is 4. The van der Waals surface area contributed by atoms with Crippen molar-refractivity contribution in [1.29, 1.82) is 0 Å². The van der Waals surface area contributed by atoms with Gasteiger partial charge in [0.25, 0.3) is 5.91 Å². The largest absolute Gasteiger partial charge is 0.356 e. The Morgan fingerprint density at radius 1 is 1.00 bits per heavy atom. The Bertz CT molecular complexity index is 639. The van der Waals surface area contributed by atoms with Crippen LogP contribution in [0.5, 0.6) is 0 Å². The van der Waals surface area contributed by atoms with Crippen molar-refractivity contribution in [3.05, 3.63) is 29.8 Å². The van der Waals surface area contributed by atoms with Crippen molar-refractivity contribution >= 4 is 21.8 Å². The van der Waals surface area contributed by atoms with Crippen molar-refractivity contribution in [2.75, 3.05) is 27.2 Å². The summed E-state index contributed by atoms with van der Waals surface area (Å²) in [6, 6.07) is 5.81. The zero-order chi connectivity index (χ0) is 17.5. The lowest BCUT2D eigenvalue weighted by Gasteiger charge is -2.11. The highest BCUT2D eigenvalue weighted by Gasteiger charge is 2.17. The molecule has 0 heterocycles. The molecule has 23 heavy (non-hydrogen) atoms. The van der Waals surface area contributed by atoms with Gasteiger partial charge < -0.3 is 10.6 Å². The van der Waals surface area contributed by atoms with E-state index in [4.69, 9.17) is 0 Å². The van der Waals surface area contributed by atoms with Crippen LogP contribution in [0, 0.1) is 0 Å². The summed E-state index contributed by atoms with van der Waals surface area (Å²) < 4.78 is 25.0. The lowest BCUT2D eigenvalue weighted by Crippen LogP contribution is -2.26. The van der Waals surface area contributed by atoms with E-state index in [1.165, 1.54) is 45.3 Å². The summed E-state index contributed by atoms with van der Waals surface area (Å²) in [5.41, 5.74) is 0.407. The topological polar surface area (TPSA) is 95.6 Å². The Morgan fingerprint density at radius 2 is 1.52 bits per heavy atom. The van der Waals surface area contributed by atoms with Crippen LogP contribution in [0.1, 0.15) is 30.1 Å². The molecule has 2 N–H and O–H groups in total. The van der Waals surface area contributed by atoms with Crippen LogP contribution in [0.4, 0.5) is 0 Å². The van der Waals surface area contributed by atoms with Crippen molar-refractivity contribution in [2.24, 2.45) is 0 Å². The van der Waals surface area contributed by atoms with Gasteiger partial charge in [-0.3, -0.25) is 9.59 Å². The van der Waals surface area contributed by atoms with Crippen molar-refractivity contribution in [3.63, 3.8) is 0 Å². The fourth-order valence-electron chi connectivity index (χ4n) is 1.81. The van der Waals surface area contributed by atoms with Gasteiger partial charge in [-0.25, -0.2) is 12.7 Å². The molecule has 0 atom stereocenters. The number of unbranched alkanes of at least 4 members (excludes halogenated alkanes) is 1. The second-order valence-corrected chi connectivity index (χ2v) is 7.41. The molecule has 128 valence electrons. The number of carbonyl (C=O) groups excluding carboxylic acids is 2. The second kappa shape index (κ2) is 8.64. The van der Waals surface area contributed by atoms with Gasteiger partial charge >= 0.3 is 0 Å². The molecular formula is C15H23N3O4S. The summed E-state index contributed by atoms with van der Waals surface area (Å²) in [4.78, 5) is 22.8. The summed E-state index contributed by atoms with van der Waals surface area (Å²) in [5, 5.41) is 5.44. The third-order valence-electron chi connectivity index (χ3n) is 3.16. The fourth-order valence-corrected chi connectivity index (χ4v) is 2.71. The summed E-state index contributed by atoms with van der Waals surface area (Å²) in [5.74, 6) is -0.319. The molecule has 0 unspecified atom stereocenters. The molecule has 7 nitrogen and oxygen atoms in total. The Labute approximate surface area is 137 Å². The van der Waals surface area contributed by atoms with Crippen LogP contribution >= 0.6 is 0 Å². The summed E-state index contributed by atoms with van der Waals surface area (Å²) >= 11 is 0. The first-order valence-corrected chi connectivity index (χ1v) is 8.74. The zero-order valence-corrected chi connectivity index (χ0v) is 14.4. The van der Waals surface area contributed by atoms with Crippen molar-refractivity contribution in [2.45, 2.75) is 24.7 Å². The van der Waals surface area contributed by atoms with Gasteiger partial charge in [-0.1, -0.05) is 0 Å². The van der Waals surface area contributed by atoms with E-state index in [2.05, 4.69) is 10.6 Å². The number of amides is 2. The minimum atomic E-state index is -3.49. The van der Waals surface area contributed by atoms with Gasteiger partial charge in [0.05, 0.1) is 4.90 Å². The smallest absolute Gasteiger partial charge is 0.251 e. The zero-order valence-electron chi connectivity index (χ0n) is 13.6. The van der Waals surface area contributed by atoms with Gasteiger partial charge in [-0.05, 0) is 37.1 Å². The van der Waals surface area contributed by atoms with Crippen LogP contribution in [-0.2, 0) is 14.8 Å².